The molecule has 3 heterocycles. The first-order chi connectivity index (χ1) is 22.9. The van der Waals surface area contributed by atoms with E-state index in [0.717, 1.165) is 12.8 Å². The molecule has 0 radical (unpaired) electrons. The highest BCUT2D eigenvalue weighted by Crippen LogP contribution is 2.39. The van der Waals surface area contributed by atoms with Gasteiger partial charge in [-0.15, -0.1) is 0 Å². The Morgan fingerprint density at radius 1 is 1.00 bits per heavy atom. The van der Waals surface area contributed by atoms with Gasteiger partial charge in [0, 0.05) is 24.6 Å². The van der Waals surface area contributed by atoms with E-state index in [-0.39, 0.29) is 43.4 Å². The van der Waals surface area contributed by atoms with Crippen molar-refractivity contribution in [1.82, 2.24) is 36.6 Å². The van der Waals surface area contributed by atoms with E-state index in [1.807, 2.05) is 13.8 Å². The number of aliphatic hydroxyl groups excluding tert-OH is 1. The van der Waals surface area contributed by atoms with Crippen molar-refractivity contribution in [2.45, 2.75) is 95.0 Å². The van der Waals surface area contributed by atoms with Gasteiger partial charge in [0.1, 0.15) is 24.2 Å². The van der Waals surface area contributed by atoms with Crippen LogP contribution in [0.1, 0.15) is 86.6 Å². The maximum absolute atomic E-state index is 13.8. The first kappa shape index (κ1) is 34.5. The zero-order chi connectivity index (χ0) is 34.5. The minimum absolute atomic E-state index is 0.00482. The first-order valence-corrected chi connectivity index (χ1v) is 16.4. The molecule has 0 spiro atoms. The van der Waals surface area contributed by atoms with Crippen molar-refractivity contribution >= 4 is 35.4 Å². The summed E-state index contributed by atoms with van der Waals surface area (Å²) in [6, 6.07) is 4.22. The van der Waals surface area contributed by atoms with Crippen molar-refractivity contribution in [1.29, 1.82) is 0 Å². The van der Waals surface area contributed by atoms with Crippen molar-refractivity contribution < 1.29 is 38.4 Å². The molecule has 2 saturated heterocycles. The van der Waals surface area contributed by atoms with E-state index in [2.05, 4.69) is 31.7 Å². The number of aliphatic hydroxyl groups is 1. The third kappa shape index (κ3) is 8.37. The lowest BCUT2D eigenvalue weighted by Gasteiger charge is -2.30. The maximum Gasteiger partial charge on any atom is 0.290 e. The summed E-state index contributed by atoms with van der Waals surface area (Å²) in [5, 5.41) is 27.8. The normalized spacial score (nSPS) is 27.5. The van der Waals surface area contributed by atoms with Crippen molar-refractivity contribution in [3.63, 3.8) is 0 Å². The quantitative estimate of drug-likeness (QED) is 0.235. The number of carbonyl (C=O) groups is 6. The second-order valence-electron chi connectivity index (χ2n) is 13.2. The van der Waals surface area contributed by atoms with E-state index in [0.29, 0.717) is 11.3 Å². The van der Waals surface area contributed by atoms with Crippen LogP contribution >= 0.6 is 0 Å². The lowest BCUT2D eigenvalue weighted by molar-refractivity contribution is -0.143. The van der Waals surface area contributed by atoms with E-state index in [1.165, 1.54) is 11.8 Å². The number of aromatic nitrogens is 1. The van der Waals surface area contributed by atoms with Crippen LogP contribution in [0.5, 0.6) is 0 Å². The highest BCUT2D eigenvalue weighted by Gasteiger charge is 2.44. The van der Waals surface area contributed by atoms with Crippen molar-refractivity contribution in [2.75, 3.05) is 13.2 Å². The molecule has 0 bridgehead atoms. The Bertz CT molecular complexity index is 1520. The highest BCUT2D eigenvalue weighted by atomic mass is 16.5. The zero-order valence-electron chi connectivity index (χ0n) is 27.2. The molecule has 258 valence electrons. The van der Waals surface area contributed by atoms with Crippen LogP contribution in [-0.4, -0.2) is 94.0 Å². The number of benzene rings is 1. The summed E-state index contributed by atoms with van der Waals surface area (Å²) < 4.78 is 5.22. The number of nitrogens with one attached hydrogen (secondary N) is 5. The lowest BCUT2D eigenvalue weighted by Crippen LogP contribution is -2.59. The molecule has 6 N–H and O–H groups in total. The average molecular weight is 666 g/mol. The predicted molar refractivity (Wildman–Crippen MR) is 170 cm³/mol. The Morgan fingerprint density at radius 3 is 2.40 bits per heavy atom. The molecule has 1 aromatic carbocycles. The Labute approximate surface area is 277 Å². The number of hydrogen-bond donors (Lipinski definition) is 6. The van der Waals surface area contributed by atoms with Gasteiger partial charge in [-0.2, -0.15) is 0 Å². The van der Waals surface area contributed by atoms with Gasteiger partial charge in [0.15, 0.2) is 0 Å². The molecular formula is C33H43N7O8. The summed E-state index contributed by atoms with van der Waals surface area (Å²) >= 11 is 0. The molecule has 5 rings (SSSR count). The fourth-order valence-electron chi connectivity index (χ4n) is 6.07. The topological polar surface area (TPSA) is 212 Å². The van der Waals surface area contributed by atoms with Gasteiger partial charge in [-0.3, -0.25) is 28.8 Å². The lowest BCUT2D eigenvalue weighted by atomic mass is 10.00. The third-order valence-corrected chi connectivity index (χ3v) is 8.79. The Morgan fingerprint density at radius 2 is 1.73 bits per heavy atom. The molecule has 1 aliphatic carbocycles. The van der Waals surface area contributed by atoms with Gasteiger partial charge in [0.05, 0.1) is 24.8 Å². The fraction of sp³-hybridized carbons (Fsp3) is 0.545. The predicted octanol–water partition coefficient (Wildman–Crippen LogP) is 0.0252. The largest absolute Gasteiger partial charge is 0.394 e. The molecule has 3 fully saturated rings. The average Bonchev–Trinajstić information content (AvgIpc) is 3.62. The van der Waals surface area contributed by atoms with E-state index in [4.69, 9.17) is 4.52 Å². The highest BCUT2D eigenvalue weighted by molar-refractivity contribution is 5.97. The summed E-state index contributed by atoms with van der Waals surface area (Å²) in [7, 11) is 0. The SMILES string of the molecule is CC(C)C[C@@H]1NC(=O)C[C@@H](c2ccccc2)NC(=O)[C@H](C)NC(=O)[C@@H]2C[C@H](NC(=O)c3cc(C4CC4)no3)CN2C(=O)[C@H](CO)NC1=O. The zero-order valence-corrected chi connectivity index (χ0v) is 27.2. The monoisotopic (exact) mass is 665 g/mol. The van der Waals surface area contributed by atoms with Gasteiger partial charge in [-0.1, -0.05) is 49.3 Å². The van der Waals surface area contributed by atoms with Crippen molar-refractivity contribution in [3.8, 4) is 0 Å². The molecule has 1 aromatic heterocycles. The number of fused-ring (bicyclic) bond motifs is 1. The van der Waals surface area contributed by atoms with Crippen LogP contribution in [0.4, 0.5) is 0 Å². The Balaban J connectivity index is 1.41. The van der Waals surface area contributed by atoms with E-state index in [9.17, 15) is 33.9 Å². The van der Waals surface area contributed by atoms with Crippen LogP contribution in [0.15, 0.2) is 40.9 Å². The summed E-state index contributed by atoms with van der Waals surface area (Å²) in [5.74, 6) is -3.52. The maximum atomic E-state index is 13.8. The van der Waals surface area contributed by atoms with Crippen LogP contribution in [0.3, 0.4) is 0 Å². The van der Waals surface area contributed by atoms with E-state index in [1.54, 1.807) is 36.4 Å². The van der Waals surface area contributed by atoms with Crippen molar-refractivity contribution in [2.24, 2.45) is 5.92 Å². The van der Waals surface area contributed by atoms with Gasteiger partial charge in [0.2, 0.25) is 35.3 Å². The molecule has 15 heteroatoms. The molecule has 6 amide bonds. The summed E-state index contributed by atoms with van der Waals surface area (Å²) in [6.45, 7) is 4.31. The van der Waals surface area contributed by atoms with Crippen LogP contribution in [0, 0.1) is 5.92 Å². The number of carbonyl (C=O) groups excluding carboxylic acids is 6. The first-order valence-electron chi connectivity index (χ1n) is 16.4. The second kappa shape index (κ2) is 15.0. The third-order valence-electron chi connectivity index (χ3n) is 8.79. The molecule has 2 aliphatic heterocycles. The number of rotatable bonds is 7. The van der Waals surface area contributed by atoms with Gasteiger partial charge < -0.3 is 41.1 Å². The van der Waals surface area contributed by atoms with Crippen LogP contribution in [-0.2, 0) is 24.0 Å². The summed E-state index contributed by atoms with van der Waals surface area (Å²) in [4.78, 5) is 81.9. The van der Waals surface area contributed by atoms with Gasteiger partial charge >= 0.3 is 0 Å². The van der Waals surface area contributed by atoms with Crippen LogP contribution < -0.4 is 26.6 Å². The Kier molecular flexibility index (Phi) is 10.8. The molecule has 0 unspecified atom stereocenters. The molecule has 2 aromatic rings. The van der Waals surface area contributed by atoms with Gasteiger partial charge in [-0.25, -0.2) is 0 Å². The molecule has 15 nitrogen and oxygen atoms in total. The van der Waals surface area contributed by atoms with Crippen LogP contribution in [0.2, 0.25) is 0 Å². The number of amides is 6. The number of nitrogens with zero attached hydrogens (tertiary/aromatic N) is 2. The number of hydrogen-bond acceptors (Lipinski definition) is 9. The minimum atomic E-state index is -1.45. The fourth-order valence-corrected chi connectivity index (χ4v) is 6.07. The second-order valence-corrected chi connectivity index (χ2v) is 13.2. The summed E-state index contributed by atoms with van der Waals surface area (Å²) in [5.41, 5.74) is 1.34. The van der Waals surface area contributed by atoms with E-state index < -0.39 is 78.3 Å². The van der Waals surface area contributed by atoms with Gasteiger partial charge in [-0.05, 0) is 44.1 Å². The standard InChI is InChI=1S/C33H43N7O8/c1-17(2)11-24-30(44)38-25(16-41)33(47)40-15-21(35-32(46)27-13-23(39-48-27)20-9-10-20)12-26(40)31(45)34-18(3)29(43)37-22(14-28(42)36-24)19-7-5-4-6-8-19/h4-8,13,17-18,20-22,24-26,41H,9-12,14-16H2,1-3H3,(H,34,45)(H,35,46)(H,36,42)(H,37,43)(H,38,44)/t18-,21-,22-,24-,25-,26-/m0/s1. The molecular weight excluding hydrogens is 622 g/mol. The molecule has 3 aliphatic rings. The van der Waals surface area contributed by atoms with Gasteiger partial charge in [0.25, 0.3) is 5.91 Å². The summed E-state index contributed by atoms with van der Waals surface area (Å²) in [6.07, 6.45) is 1.97. The molecule has 1 saturated carbocycles. The smallest absolute Gasteiger partial charge is 0.290 e. The molecule has 48 heavy (non-hydrogen) atoms. The van der Waals surface area contributed by atoms with E-state index >= 15 is 0 Å². The van der Waals surface area contributed by atoms with Crippen molar-refractivity contribution in [3.05, 3.63) is 53.4 Å². The Hall–Kier alpha value is -4.79. The molecule has 6 atom stereocenters. The van der Waals surface area contributed by atoms with Crippen LogP contribution in [0.25, 0.3) is 0 Å². The minimum Gasteiger partial charge on any atom is -0.394 e.